The smallest absolute Gasteiger partial charge is 0.387 e. The van der Waals surface area contributed by atoms with E-state index in [2.05, 4.69) is 11.7 Å². The Kier molecular flexibility index (Phi) is 2.41. The molecule has 0 aromatic heterocycles. The third kappa shape index (κ3) is 2.53. The summed E-state index contributed by atoms with van der Waals surface area (Å²) in [5, 5.41) is 0. The lowest BCUT2D eigenvalue weighted by atomic mass is 10.2. The maximum atomic E-state index is 11.6. The molecule has 11 heavy (non-hydrogen) atoms. The zero-order chi connectivity index (χ0) is 8.27. The van der Waals surface area contributed by atoms with E-state index in [1.54, 1.807) is 12.1 Å². The highest BCUT2D eigenvalue weighted by Gasteiger charge is 2.02. The van der Waals surface area contributed by atoms with Crippen LogP contribution in [0.4, 0.5) is 8.78 Å². The Morgan fingerprint density at radius 2 is 2.09 bits per heavy atom. The van der Waals surface area contributed by atoms with E-state index in [0.29, 0.717) is 5.56 Å². The van der Waals surface area contributed by atoms with E-state index in [4.69, 9.17) is 0 Å². The van der Waals surface area contributed by atoms with Gasteiger partial charge in [-0.25, -0.2) is 0 Å². The summed E-state index contributed by atoms with van der Waals surface area (Å²) in [6, 6.07) is 6.23. The zero-order valence-corrected chi connectivity index (χ0v) is 5.76. The van der Waals surface area contributed by atoms with Crippen LogP contribution >= 0.6 is 0 Å². The summed E-state index contributed by atoms with van der Waals surface area (Å²) >= 11 is 0. The SMILES string of the molecule is [CH2]c1cccc(OC(F)F)c1. The Hall–Kier alpha value is -1.12. The summed E-state index contributed by atoms with van der Waals surface area (Å²) in [4.78, 5) is 0. The molecule has 59 valence electrons. The molecule has 0 spiro atoms. The average molecular weight is 157 g/mol. The minimum Gasteiger partial charge on any atom is -0.435 e. The van der Waals surface area contributed by atoms with Crippen molar-refractivity contribution >= 4 is 0 Å². The Bertz CT molecular complexity index is 235. The van der Waals surface area contributed by atoms with E-state index in [1.165, 1.54) is 12.1 Å². The molecule has 0 heterocycles. The largest absolute Gasteiger partial charge is 0.435 e. The molecule has 0 aliphatic rings. The summed E-state index contributed by atoms with van der Waals surface area (Å²) in [5.74, 6) is 0.146. The van der Waals surface area contributed by atoms with Crippen LogP contribution in [0.3, 0.4) is 0 Å². The minimum absolute atomic E-state index is 0.146. The predicted octanol–water partition coefficient (Wildman–Crippen LogP) is 2.47. The van der Waals surface area contributed by atoms with Crippen LogP contribution in [0.15, 0.2) is 24.3 Å². The molecule has 0 aliphatic carbocycles. The Balaban J connectivity index is 2.71. The average Bonchev–Trinajstić information content (AvgIpc) is 1.85. The first-order chi connectivity index (χ1) is 5.18. The van der Waals surface area contributed by atoms with Gasteiger partial charge in [0.2, 0.25) is 0 Å². The fraction of sp³-hybridized carbons (Fsp3) is 0.125. The summed E-state index contributed by atoms with van der Waals surface area (Å²) in [6.07, 6.45) is 0. The summed E-state index contributed by atoms with van der Waals surface area (Å²) in [5.41, 5.74) is 0.656. The highest BCUT2D eigenvalue weighted by atomic mass is 19.3. The number of hydrogen-bond donors (Lipinski definition) is 0. The predicted molar refractivity (Wildman–Crippen MR) is 37.5 cm³/mol. The first-order valence-electron chi connectivity index (χ1n) is 3.05. The monoisotopic (exact) mass is 157 g/mol. The van der Waals surface area contributed by atoms with E-state index in [9.17, 15) is 8.78 Å². The Morgan fingerprint density at radius 3 is 2.64 bits per heavy atom. The molecule has 0 saturated carbocycles. The third-order valence-electron chi connectivity index (χ3n) is 1.12. The van der Waals surface area contributed by atoms with Crippen molar-refractivity contribution < 1.29 is 13.5 Å². The van der Waals surface area contributed by atoms with Crippen LogP contribution in [0, 0.1) is 6.92 Å². The van der Waals surface area contributed by atoms with Gasteiger partial charge in [-0.05, 0) is 24.6 Å². The molecule has 0 fully saturated rings. The van der Waals surface area contributed by atoms with Gasteiger partial charge in [0, 0.05) is 0 Å². The van der Waals surface area contributed by atoms with Gasteiger partial charge in [0.1, 0.15) is 5.75 Å². The molecular formula is C8H7F2O. The molecule has 1 aromatic rings. The van der Waals surface area contributed by atoms with E-state index in [0.717, 1.165) is 0 Å². The fourth-order valence-electron chi connectivity index (χ4n) is 0.722. The minimum atomic E-state index is -2.77. The van der Waals surface area contributed by atoms with Crippen molar-refractivity contribution in [2.45, 2.75) is 6.61 Å². The number of rotatable bonds is 2. The van der Waals surface area contributed by atoms with E-state index in [1.807, 2.05) is 0 Å². The number of halogens is 2. The summed E-state index contributed by atoms with van der Waals surface area (Å²) < 4.78 is 27.3. The van der Waals surface area contributed by atoms with Gasteiger partial charge in [0.25, 0.3) is 0 Å². The van der Waals surface area contributed by atoms with Gasteiger partial charge in [-0.15, -0.1) is 0 Å². The van der Waals surface area contributed by atoms with Crippen LogP contribution in [0.25, 0.3) is 0 Å². The first-order valence-corrected chi connectivity index (χ1v) is 3.05. The molecule has 0 atom stereocenters. The van der Waals surface area contributed by atoms with Gasteiger partial charge in [-0.3, -0.25) is 0 Å². The van der Waals surface area contributed by atoms with Crippen molar-refractivity contribution in [3.63, 3.8) is 0 Å². The fourth-order valence-corrected chi connectivity index (χ4v) is 0.722. The second kappa shape index (κ2) is 3.32. The zero-order valence-electron chi connectivity index (χ0n) is 5.76. The van der Waals surface area contributed by atoms with Crippen LogP contribution in [0.1, 0.15) is 5.56 Å². The molecule has 1 nitrogen and oxygen atoms in total. The second-order valence-corrected chi connectivity index (χ2v) is 2.03. The molecule has 1 aromatic carbocycles. The summed E-state index contributed by atoms with van der Waals surface area (Å²) in [6.45, 7) is 0.797. The molecule has 0 unspecified atom stereocenters. The Labute approximate surface area is 63.6 Å². The standard InChI is InChI=1S/C8H7F2O/c1-6-3-2-4-7(5-6)11-8(9)10/h2-5,8H,1H2. The topological polar surface area (TPSA) is 9.23 Å². The van der Waals surface area contributed by atoms with E-state index < -0.39 is 6.61 Å². The molecule has 0 N–H and O–H groups in total. The van der Waals surface area contributed by atoms with Crippen LogP contribution in [0.5, 0.6) is 5.75 Å². The summed E-state index contributed by atoms with van der Waals surface area (Å²) in [7, 11) is 0. The number of hydrogen-bond acceptors (Lipinski definition) is 1. The lowest BCUT2D eigenvalue weighted by Gasteiger charge is -2.03. The highest BCUT2D eigenvalue weighted by Crippen LogP contribution is 2.14. The van der Waals surface area contributed by atoms with Gasteiger partial charge in [-0.2, -0.15) is 8.78 Å². The van der Waals surface area contributed by atoms with Crippen molar-refractivity contribution in [1.82, 2.24) is 0 Å². The van der Waals surface area contributed by atoms with Crippen molar-refractivity contribution in [3.8, 4) is 5.75 Å². The number of alkyl halides is 2. The molecule has 0 saturated heterocycles. The molecule has 0 aliphatic heterocycles. The quantitative estimate of drug-likeness (QED) is 0.640. The second-order valence-electron chi connectivity index (χ2n) is 2.03. The van der Waals surface area contributed by atoms with Crippen molar-refractivity contribution in [2.75, 3.05) is 0 Å². The van der Waals surface area contributed by atoms with Crippen LogP contribution in [0.2, 0.25) is 0 Å². The van der Waals surface area contributed by atoms with Crippen LogP contribution in [-0.4, -0.2) is 6.61 Å². The highest BCUT2D eigenvalue weighted by molar-refractivity contribution is 5.29. The normalized spacial score (nSPS) is 10.2. The van der Waals surface area contributed by atoms with Gasteiger partial charge >= 0.3 is 6.61 Å². The maximum Gasteiger partial charge on any atom is 0.387 e. The van der Waals surface area contributed by atoms with Gasteiger partial charge in [-0.1, -0.05) is 12.1 Å². The number of benzene rings is 1. The van der Waals surface area contributed by atoms with Crippen LogP contribution < -0.4 is 4.74 Å². The lowest BCUT2D eigenvalue weighted by molar-refractivity contribution is -0.0498. The molecule has 0 amide bonds. The molecule has 0 bridgehead atoms. The molecule has 3 heteroatoms. The molecular weight excluding hydrogens is 150 g/mol. The van der Waals surface area contributed by atoms with Gasteiger partial charge in [0.05, 0.1) is 0 Å². The van der Waals surface area contributed by atoms with E-state index >= 15 is 0 Å². The van der Waals surface area contributed by atoms with Crippen molar-refractivity contribution in [1.29, 1.82) is 0 Å². The lowest BCUT2D eigenvalue weighted by Crippen LogP contribution is -2.01. The molecule has 1 radical (unpaired) electrons. The number of ether oxygens (including phenoxy) is 1. The van der Waals surface area contributed by atoms with Crippen LogP contribution in [-0.2, 0) is 0 Å². The maximum absolute atomic E-state index is 11.6. The van der Waals surface area contributed by atoms with Gasteiger partial charge in [0.15, 0.2) is 0 Å². The molecule has 1 rings (SSSR count). The Morgan fingerprint density at radius 1 is 1.36 bits per heavy atom. The van der Waals surface area contributed by atoms with Crippen molar-refractivity contribution in [2.24, 2.45) is 0 Å². The third-order valence-corrected chi connectivity index (χ3v) is 1.12. The van der Waals surface area contributed by atoms with Gasteiger partial charge < -0.3 is 4.74 Å². The van der Waals surface area contributed by atoms with E-state index in [-0.39, 0.29) is 5.75 Å². The van der Waals surface area contributed by atoms with Crippen molar-refractivity contribution in [3.05, 3.63) is 36.8 Å². The first kappa shape index (κ1) is 7.98.